The van der Waals surface area contributed by atoms with E-state index in [1.54, 1.807) is 6.20 Å². The number of oxazole rings is 1. The molecular weight excluding hydrogens is 280 g/mol. The number of nitro groups is 2. The fourth-order valence-corrected chi connectivity index (χ4v) is 1.70. The summed E-state index contributed by atoms with van der Waals surface area (Å²) in [6.45, 7) is 2.07. The van der Waals surface area contributed by atoms with Crippen molar-refractivity contribution in [1.82, 2.24) is 4.98 Å². The molecule has 1 aromatic heterocycles. The van der Waals surface area contributed by atoms with Gasteiger partial charge in [0.25, 0.3) is 11.4 Å². The predicted octanol–water partition coefficient (Wildman–Crippen LogP) is 2.67. The molecule has 9 heteroatoms. The number of nitro benzene ring substituents is 2. The maximum atomic E-state index is 11.0. The van der Waals surface area contributed by atoms with E-state index in [1.807, 2.05) is 6.92 Å². The van der Waals surface area contributed by atoms with Crippen molar-refractivity contribution in [3.05, 3.63) is 56.3 Å². The normalized spacial score (nSPS) is 10.3. The summed E-state index contributed by atoms with van der Waals surface area (Å²) in [5.74, 6) is 1.10. The topological polar surface area (TPSA) is 124 Å². The van der Waals surface area contributed by atoms with Crippen LogP contribution in [0.4, 0.5) is 17.1 Å². The molecule has 2 aromatic rings. The second-order valence-electron chi connectivity index (χ2n) is 4.14. The van der Waals surface area contributed by atoms with Gasteiger partial charge in [0.05, 0.1) is 28.7 Å². The molecule has 0 saturated heterocycles. The molecule has 0 fully saturated rings. The molecule has 0 aliphatic rings. The van der Waals surface area contributed by atoms with Crippen LogP contribution in [-0.4, -0.2) is 14.8 Å². The molecule has 0 amide bonds. The van der Waals surface area contributed by atoms with Crippen LogP contribution in [0, 0.1) is 20.2 Å². The number of aromatic nitrogens is 1. The van der Waals surface area contributed by atoms with Crippen molar-refractivity contribution in [2.75, 3.05) is 5.32 Å². The second-order valence-corrected chi connectivity index (χ2v) is 4.14. The number of anilines is 1. The largest absolute Gasteiger partial charge is 0.444 e. The van der Waals surface area contributed by atoms with Gasteiger partial charge in [0.2, 0.25) is 5.89 Å². The maximum Gasteiger partial charge on any atom is 0.299 e. The van der Waals surface area contributed by atoms with Crippen LogP contribution in [0.3, 0.4) is 0 Å². The van der Waals surface area contributed by atoms with Gasteiger partial charge in [0.1, 0.15) is 11.4 Å². The smallest absolute Gasteiger partial charge is 0.299 e. The van der Waals surface area contributed by atoms with Crippen LogP contribution in [0.2, 0.25) is 0 Å². The SMILES string of the molecule is CCc1cnc(CNc2ccc([N+](=O)[O-])cc2[N+](=O)[O-])o1. The molecule has 0 aliphatic carbocycles. The van der Waals surface area contributed by atoms with Crippen LogP contribution in [0.25, 0.3) is 0 Å². The first-order chi connectivity index (χ1) is 10.0. The van der Waals surface area contributed by atoms with Gasteiger partial charge < -0.3 is 9.73 Å². The van der Waals surface area contributed by atoms with E-state index in [2.05, 4.69) is 10.3 Å². The van der Waals surface area contributed by atoms with Crippen LogP contribution in [0.15, 0.2) is 28.8 Å². The highest BCUT2D eigenvalue weighted by Gasteiger charge is 2.19. The van der Waals surface area contributed by atoms with Gasteiger partial charge in [-0.05, 0) is 6.07 Å². The molecule has 0 aliphatic heterocycles. The Morgan fingerprint density at radius 1 is 1.29 bits per heavy atom. The summed E-state index contributed by atoms with van der Waals surface area (Å²) in [5.41, 5.74) is -0.537. The van der Waals surface area contributed by atoms with E-state index in [0.29, 0.717) is 18.1 Å². The Kier molecular flexibility index (Phi) is 4.12. The summed E-state index contributed by atoms with van der Waals surface area (Å²) in [4.78, 5) is 24.3. The fraction of sp³-hybridized carbons (Fsp3) is 0.250. The van der Waals surface area contributed by atoms with E-state index in [-0.39, 0.29) is 23.6 Å². The Morgan fingerprint density at radius 3 is 2.62 bits per heavy atom. The molecule has 2 rings (SSSR count). The van der Waals surface area contributed by atoms with Gasteiger partial charge in [0, 0.05) is 12.5 Å². The Labute approximate surface area is 118 Å². The van der Waals surface area contributed by atoms with Gasteiger partial charge in [-0.1, -0.05) is 6.92 Å². The first-order valence-corrected chi connectivity index (χ1v) is 6.11. The van der Waals surface area contributed by atoms with E-state index >= 15 is 0 Å². The first kappa shape index (κ1) is 14.4. The number of rotatable bonds is 6. The van der Waals surface area contributed by atoms with Crippen LogP contribution in [0.5, 0.6) is 0 Å². The van der Waals surface area contributed by atoms with Gasteiger partial charge in [-0.15, -0.1) is 0 Å². The van der Waals surface area contributed by atoms with Crippen LogP contribution in [0.1, 0.15) is 18.6 Å². The molecule has 0 spiro atoms. The second kappa shape index (κ2) is 5.99. The van der Waals surface area contributed by atoms with Crippen LogP contribution >= 0.6 is 0 Å². The number of hydrogen-bond acceptors (Lipinski definition) is 7. The summed E-state index contributed by atoms with van der Waals surface area (Å²) >= 11 is 0. The van der Waals surface area contributed by atoms with Crippen molar-refractivity contribution in [2.24, 2.45) is 0 Å². The zero-order valence-corrected chi connectivity index (χ0v) is 11.1. The van der Waals surface area contributed by atoms with Crippen molar-refractivity contribution in [3.8, 4) is 0 Å². The number of non-ortho nitro benzene ring substituents is 1. The zero-order valence-electron chi connectivity index (χ0n) is 11.1. The third-order valence-electron chi connectivity index (χ3n) is 2.77. The lowest BCUT2D eigenvalue weighted by Gasteiger charge is -2.04. The van der Waals surface area contributed by atoms with E-state index in [9.17, 15) is 20.2 Å². The van der Waals surface area contributed by atoms with Crippen molar-refractivity contribution in [3.63, 3.8) is 0 Å². The van der Waals surface area contributed by atoms with Gasteiger partial charge in [-0.3, -0.25) is 20.2 Å². The third-order valence-corrected chi connectivity index (χ3v) is 2.77. The van der Waals surface area contributed by atoms with Crippen LogP contribution < -0.4 is 5.32 Å². The van der Waals surface area contributed by atoms with E-state index in [0.717, 1.165) is 6.07 Å². The van der Waals surface area contributed by atoms with Crippen molar-refractivity contribution in [1.29, 1.82) is 0 Å². The van der Waals surface area contributed by atoms with E-state index in [4.69, 9.17) is 4.42 Å². The Balaban J connectivity index is 2.19. The maximum absolute atomic E-state index is 11.0. The molecule has 1 aromatic carbocycles. The minimum atomic E-state index is -0.682. The molecular formula is C12H12N4O5. The number of nitrogens with one attached hydrogen (secondary N) is 1. The Morgan fingerprint density at radius 2 is 2.05 bits per heavy atom. The lowest BCUT2D eigenvalue weighted by Crippen LogP contribution is -2.03. The number of benzene rings is 1. The van der Waals surface area contributed by atoms with Crippen molar-refractivity contribution in [2.45, 2.75) is 19.9 Å². The van der Waals surface area contributed by atoms with Gasteiger partial charge in [-0.2, -0.15) is 0 Å². The molecule has 21 heavy (non-hydrogen) atoms. The summed E-state index contributed by atoms with van der Waals surface area (Å²) in [6.07, 6.45) is 2.28. The molecule has 0 bridgehead atoms. The van der Waals surface area contributed by atoms with Crippen molar-refractivity contribution < 1.29 is 14.3 Å². The molecule has 1 heterocycles. The molecule has 0 atom stereocenters. The molecule has 1 N–H and O–H groups in total. The van der Waals surface area contributed by atoms with E-state index in [1.165, 1.54) is 12.1 Å². The highest BCUT2D eigenvalue weighted by Crippen LogP contribution is 2.29. The number of hydrogen-bond donors (Lipinski definition) is 1. The monoisotopic (exact) mass is 292 g/mol. The fourth-order valence-electron chi connectivity index (χ4n) is 1.70. The van der Waals surface area contributed by atoms with Crippen LogP contribution in [-0.2, 0) is 13.0 Å². The molecule has 0 radical (unpaired) electrons. The first-order valence-electron chi connectivity index (χ1n) is 6.11. The highest BCUT2D eigenvalue weighted by molar-refractivity contribution is 5.65. The predicted molar refractivity (Wildman–Crippen MR) is 73.0 cm³/mol. The van der Waals surface area contributed by atoms with Gasteiger partial charge in [-0.25, -0.2) is 4.98 Å². The average Bonchev–Trinajstić information content (AvgIpc) is 2.92. The highest BCUT2D eigenvalue weighted by atomic mass is 16.6. The molecule has 9 nitrogen and oxygen atoms in total. The lowest BCUT2D eigenvalue weighted by atomic mass is 10.2. The summed E-state index contributed by atoms with van der Waals surface area (Å²) < 4.78 is 5.37. The Hall–Kier alpha value is -2.97. The Bertz CT molecular complexity index is 682. The third kappa shape index (κ3) is 3.32. The quantitative estimate of drug-likeness (QED) is 0.640. The minimum Gasteiger partial charge on any atom is -0.444 e. The average molecular weight is 292 g/mol. The summed E-state index contributed by atoms with van der Waals surface area (Å²) in [5, 5.41) is 24.4. The molecule has 110 valence electrons. The summed E-state index contributed by atoms with van der Waals surface area (Å²) in [6, 6.07) is 3.40. The van der Waals surface area contributed by atoms with Gasteiger partial charge >= 0.3 is 0 Å². The van der Waals surface area contributed by atoms with E-state index < -0.39 is 9.85 Å². The van der Waals surface area contributed by atoms with Gasteiger partial charge in [0.15, 0.2) is 0 Å². The molecule has 0 unspecified atom stereocenters. The minimum absolute atomic E-state index is 0.151. The lowest BCUT2D eigenvalue weighted by molar-refractivity contribution is -0.393. The summed E-state index contributed by atoms with van der Waals surface area (Å²) in [7, 11) is 0. The zero-order chi connectivity index (χ0) is 15.4. The number of aryl methyl sites for hydroxylation is 1. The molecule has 0 saturated carbocycles. The number of nitrogens with zero attached hydrogens (tertiary/aromatic N) is 3. The van der Waals surface area contributed by atoms with Crippen molar-refractivity contribution >= 4 is 17.1 Å². The standard InChI is InChI=1S/C12H12N4O5/c1-2-9-6-14-12(21-9)7-13-10-4-3-8(15(17)18)5-11(10)16(19)20/h3-6,13H,2,7H2,1H3.